The number of hydrogen-bond acceptors (Lipinski definition) is 4. The van der Waals surface area contributed by atoms with Crippen LogP contribution in [0.2, 0.25) is 0 Å². The highest BCUT2D eigenvalue weighted by molar-refractivity contribution is 7.89. The summed E-state index contributed by atoms with van der Waals surface area (Å²) >= 11 is 0. The van der Waals surface area contributed by atoms with E-state index in [4.69, 9.17) is 4.74 Å². The molecule has 2 aromatic carbocycles. The van der Waals surface area contributed by atoms with Crippen LogP contribution in [-0.2, 0) is 21.2 Å². The van der Waals surface area contributed by atoms with Crippen molar-refractivity contribution >= 4 is 21.6 Å². The Bertz CT molecular complexity index is 922. The van der Waals surface area contributed by atoms with Crippen molar-refractivity contribution in [3.63, 3.8) is 0 Å². The smallest absolute Gasteiger partial charge is 0.243 e. The van der Waals surface area contributed by atoms with E-state index in [0.717, 1.165) is 30.6 Å². The molecule has 1 heterocycles. The molecule has 0 unspecified atom stereocenters. The number of para-hydroxylation sites is 1. The first-order valence-electron chi connectivity index (χ1n) is 9.52. The zero-order valence-electron chi connectivity index (χ0n) is 16.1. The number of ether oxygens (including phenoxy) is 1. The lowest BCUT2D eigenvalue weighted by Gasteiger charge is -2.26. The first-order valence-corrected chi connectivity index (χ1v) is 11.0. The second-order valence-corrected chi connectivity index (χ2v) is 8.79. The van der Waals surface area contributed by atoms with Crippen LogP contribution in [-0.4, -0.2) is 38.8 Å². The van der Waals surface area contributed by atoms with E-state index >= 15 is 0 Å². The van der Waals surface area contributed by atoms with Crippen molar-refractivity contribution in [3.05, 3.63) is 54.1 Å². The molecule has 0 aliphatic carbocycles. The number of amides is 1. The number of aryl methyl sites for hydroxylation is 1. The molecule has 150 valence electrons. The third-order valence-corrected chi connectivity index (χ3v) is 6.78. The van der Waals surface area contributed by atoms with Gasteiger partial charge >= 0.3 is 0 Å². The average molecular weight is 403 g/mol. The highest BCUT2D eigenvalue weighted by Crippen LogP contribution is 2.23. The largest absolute Gasteiger partial charge is 0.496 e. The minimum atomic E-state index is -3.52. The SMILES string of the molecule is COc1ccccc1CCC(=O)Nc1cccc(S(=O)(=O)N2CCCCC2)c1. The molecular weight excluding hydrogens is 376 g/mol. The monoisotopic (exact) mass is 402 g/mol. The Morgan fingerprint density at radius 1 is 1.07 bits per heavy atom. The highest BCUT2D eigenvalue weighted by atomic mass is 32.2. The molecule has 0 atom stereocenters. The zero-order chi connectivity index (χ0) is 20.0. The summed E-state index contributed by atoms with van der Waals surface area (Å²) in [6, 6.07) is 14.1. The number of nitrogens with one attached hydrogen (secondary N) is 1. The molecule has 0 spiro atoms. The molecule has 28 heavy (non-hydrogen) atoms. The number of rotatable bonds is 7. The van der Waals surface area contributed by atoms with Gasteiger partial charge in [0.15, 0.2) is 0 Å². The van der Waals surface area contributed by atoms with Crippen molar-refractivity contribution in [1.82, 2.24) is 4.31 Å². The van der Waals surface area contributed by atoms with Crippen LogP contribution in [0.5, 0.6) is 5.75 Å². The van der Waals surface area contributed by atoms with Crippen LogP contribution in [0.25, 0.3) is 0 Å². The Balaban J connectivity index is 1.64. The maximum Gasteiger partial charge on any atom is 0.243 e. The molecule has 1 amide bonds. The average Bonchev–Trinajstić information content (AvgIpc) is 2.73. The van der Waals surface area contributed by atoms with Gasteiger partial charge in [-0.3, -0.25) is 4.79 Å². The third kappa shape index (κ3) is 4.91. The van der Waals surface area contributed by atoms with Crippen molar-refractivity contribution < 1.29 is 17.9 Å². The molecular formula is C21H26N2O4S. The number of carbonyl (C=O) groups excluding carboxylic acids is 1. The fourth-order valence-electron chi connectivity index (χ4n) is 3.37. The van der Waals surface area contributed by atoms with Gasteiger partial charge in [0.05, 0.1) is 12.0 Å². The van der Waals surface area contributed by atoms with E-state index in [1.54, 1.807) is 25.3 Å². The van der Waals surface area contributed by atoms with E-state index in [9.17, 15) is 13.2 Å². The van der Waals surface area contributed by atoms with Crippen molar-refractivity contribution in [2.45, 2.75) is 37.0 Å². The lowest BCUT2D eigenvalue weighted by atomic mass is 10.1. The predicted octanol–water partition coefficient (Wildman–Crippen LogP) is 3.44. The summed E-state index contributed by atoms with van der Waals surface area (Å²) < 4.78 is 32.4. The van der Waals surface area contributed by atoms with Crippen LogP contribution in [0.4, 0.5) is 5.69 Å². The molecule has 0 saturated carbocycles. The molecule has 1 N–H and O–H groups in total. The maximum atomic E-state index is 12.8. The fourth-order valence-corrected chi connectivity index (χ4v) is 4.93. The summed E-state index contributed by atoms with van der Waals surface area (Å²) in [5.41, 5.74) is 1.45. The molecule has 0 bridgehead atoms. The summed E-state index contributed by atoms with van der Waals surface area (Å²) in [7, 11) is -1.91. The molecule has 1 fully saturated rings. The second kappa shape index (κ2) is 9.21. The van der Waals surface area contributed by atoms with Crippen LogP contribution in [0.1, 0.15) is 31.2 Å². The number of methoxy groups -OCH3 is 1. The van der Waals surface area contributed by atoms with E-state index < -0.39 is 10.0 Å². The number of carbonyl (C=O) groups is 1. The van der Waals surface area contributed by atoms with Crippen LogP contribution >= 0.6 is 0 Å². The zero-order valence-corrected chi connectivity index (χ0v) is 16.9. The molecule has 3 rings (SSSR count). The number of hydrogen-bond donors (Lipinski definition) is 1. The van der Waals surface area contributed by atoms with Gasteiger partial charge in [-0.25, -0.2) is 8.42 Å². The number of nitrogens with zero attached hydrogens (tertiary/aromatic N) is 1. The first-order chi connectivity index (χ1) is 13.5. The van der Waals surface area contributed by atoms with Gasteiger partial charge in [-0.15, -0.1) is 0 Å². The summed E-state index contributed by atoms with van der Waals surface area (Å²) in [6.07, 6.45) is 3.66. The van der Waals surface area contributed by atoms with Crippen LogP contribution in [0, 0.1) is 0 Å². The quantitative estimate of drug-likeness (QED) is 0.770. The summed E-state index contributed by atoms with van der Waals surface area (Å²) in [6.45, 7) is 1.11. The van der Waals surface area contributed by atoms with Gasteiger partial charge in [0.1, 0.15) is 5.75 Å². The first kappa shape index (κ1) is 20.4. The number of sulfonamides is 1. The summed E-state index contributed by atoms with van der Waals surface area (Å²) in [5.74, 6) is 0.586. The summed E-state index contributed by atoms with van der Waals surface area (Å²) in [4.78, 5) is 12.6. The minimum absolute atomic E-state index is 0.168. The Hall–Kier alpha value is -2.38. The standard InChI is InChI=1S/C21H26N2O4S/c1-27-20-11-4-3-8-17(20)12-13-21(24)22-18-9-7-10-19(16-18)28(25,26)23-14-5-2-6-15-23/h3-4,7-11,16H,2,5-6,12-15H2,1H3,(H,22,24). The van der Waals surface area contributed by atoms with Crippen LogP contribution < -0.4 is 10.1 Å². The van der Waals surface area contributed by atoms with Gasteiger partial charge < -0.3 is 10.1 Å². The van der Waals surface area contributed by atoms with Gasteiger partial charge in [-0.05, 0) is 49.1 Å². The summed E-state index contributed by atoms with van der Waals surface area (Å²) in [5, 5.41) is 2.80. The number of anilines is 1. The minimum Gasteiger partial charge on any atom is -0.496 e. The Labute approximate surface area is 166 Å². The lowest BCUT2D eigenvalue weighted by Crippen LogP contribution is -2.35. The molecule has 0 aromatic heterocycles. The van der Waals surface area contributed by atoms with Crippen LogP contribution in [0.15, 0.2) is 53.4 Å². The molecule has 0 radical (unpaired) electrons. The van der Waals surface area contributed by atoms with Crippen molar-refractivity contribution in [2.75, 3.05) is 25.5 Å². The van der Waals surface area contributed by atoms with Crippen molar-refractivity contribution in [1.29, 1.82) is 0 Å². The van der Waals surface area contributed by atoms with Gasteiger partial charge in [0.25, 0.3) is 0 Å². The predicted molar refractivity (Wildman–Crippen MR) is 109 cm³/mol. The molecule has 7 heteroatoms. The number of benzene rings is 2. The Kier molecular flexibility index (Phi) is 6.70. The lowest BCUT2D eigenvalue weighted by molar-refractivity contribution is -0.116. The van der Waals surface area contributed by atoms with E-state index in [2.05, 4.69) is 5.32 Å². The molecule has 1 aliphatic rings. The van der Waals surface area contributed by atoms with E-state index in [-0.39, 0.29) is 17.2 Å². The molecule has 1 saturated heterocycles. The van der Waals surface area contributed by atoms with Gasteiger partial charge in [0.2, 0.25) is 15.9 Å². The third-order valence-electron chi connectivity index (χ3n) is 4.88. The van der Waals surface area contributed by atoms with Gasteiger partial charge in [-0.2, -0.15) is 4.31 Å². The van der Waals surface area contributed by atoms with Gasteiger partial charge in [-0.1, -0.05) is 30.7 Å². The Morgan fingerprint density at radius 2 is 1.82 bits per heavy atom. The highest BCUT2D eigenvalue weighted by Gasteiger charge is 2.26. The van der Waals surface area contributed by atoms with E-state index in [1.165, 1.54) is 10.4 Å². The molecule has 2 aromatic rings. The molecule has 6 nitrogen and oxygen atoms in total. The Morgan fingerprint density at radius 3 is 2.57 bits per heavy atom. The van der Waals surface area contributed by atoms with E-state index in [0.29, 0.717) is 25.2 Å². The van der Waals surface area contributed by atoms with Crippen LogP contribution in [0.3, 0.4) is 0 Å². The fraction of sp³-hybridized carbons (Fsp3) is 0.381. The molecule has 1 aliphatic heterocycles. The van der Waals surface area contributed by atoms with Crippen molar-refractivity contribution in [3.8, 4) is 5.75 Å². The normalized spacial score (nSPS) is 15.2. The van der Waals surface area contributed by atoms with Crippen molar-refractivity contribution in [2.24, 2.45) is 0 Å². The maximum absolute atomic E-state index is 12.8. The van der Waals surface area contributed by atoms with Gasteiger partial charge in [0, 0.05) is 25.2 Å². The van der Waals surface area contributed by atoms with E-state index in [1.807, 2.05) is 24.3 Å². The number of piperidine rings is 1. The second-order valence-electron chi connectivity index (χ2n) is 6.85. The topological polar surface area (TPSA) is 75.7 Å².